The number of methoxy groups -OCH3 is 2. The first-order valence-electron chi connectivity index (χ1n) is 11.4. The van der Waals surface area contributed by atoms with E-state index in [2.05, 4.69) is 10.4 Å². The van der Waals surface area contributed by atoms with Gasteiger partial charge in [0.1, 0.15) is 17.0 Å². The van der Waals surface area contributed by atoms with Crippen LogP contribution in [0.4, 0.5) is 5.69 Å². The van der Waals surface area contributed by atoms with Gasteiger partial charge in [-0.25, -0.2) is 14.3 Å². The summed E-state index contributed by atoms with van der Waals surface area (Å²) in [5, 5.41) is 7.28. The summed E-state index contributed by atoms with van der Waals surface area (Å²) in [6.07, 6.45) is 1.56. The second-order valence-electron chi connectivity index (χ2n) is 8.02. The van der Waals surface area contributed by atoms with Crippen LogP contribution in [0.3, 0.4) is 0 Å². The number of anilines is 1. The van der Waals surface area contributed by atoms with Crippen molar-refractivity contribution in [2.24, 2.45) is 0 Å². The molecule has 0 bridgehead atoms. The van der Waals surface area contributed by atoms with Crippen LogP contribution in [-0.2, 0) is 14.3 Å². The maximum Gasteiger partial charge on any atom is 0.342 e. The number of amides is 1. The standard InChI is InChI=1S/C28H25N3O6/c1-18-13-14-19(27(33)36-3)15-23(18)29-25(32)17-37-28(34)22-16-31(20-9-5-4-6-10-20)30-26(22)21-11-7-8-12-24(21)35-2/h4-16H,17H2,1-3H3,(H,29,32). The quantitative estimate of drug-likeness (QED) is 0.357. The van der Waals surface area contributed by atoms with Crippen LogP contribution in [-0.4, -0.2) is 48.5 Å². The molecule has 0 spiro atoms. The molecule has 9 nitrogen and oxygen atoms in total. The number of carbonyl (C=O) groups excluding carboxylic acids is 3. The lowest BCUT2D eigenvalue weighted by atomic mass is 10.1. The summed E-state index contributed by atoms with van der Waals surface area (Å²) < 4.78 is 17.1. The molecule has 0 aliphatic heterocycles. The molecule has 4 aromatic rings. The van der Waals surface area contributed by atoms with E-state index in [0.29, 0.717) is 22.7 Å². The van der Waals surface area contributed by atoms with Gasteiger partial charge in [-0.2, -0.15) is 5.10 Å². The first kappa shape index (κ1) is 25.2. The summed E-state index contributed by atoms with van der Waals surface area (Å²) >= 11 is 0. The molecule has 1 amide bonds. The number of esters is 2. The van der Waals surface area contributed by atoms with Crippen molar-refractivity contribution in [2.75, 3.05) is 26.1 Å². The van der Waals surface area contributed by atoms with Gasteiger partial charge in [0, 0.05) is 17.4 Å². The van der Waals surface area contributed by atoms with Gasteiger partial charge in [0.25, 0.3) is 5.91 Å². The smallest absolute Gasteiger partial charge is 0.342 e. The van der Waals surface area contributed by atoms with E-state index >= 15 is 0 Å². The van der Waals surface area contributed by atoms with Crippen LogP contribution >= 0.6 is 0 Å². The molecule has 0 unspecified atom stereocenters. The van der Waals surface area contributed by atoms with E-state index in [4.69, 9.17) is 14.2 Å². The summed E-state index contributed by atoms with van der Waals surface area (Å²) in [5.74, 6) is -1.28. The lowest BCUT2D eigenvalue weighted by Gasteiger charge is -2.11. The average Bonchev–Trinajstić information content (AvgIpc) is 3.38. The average molecular weight is 500 g/mol. The molecule has 188 valence electrons. The summed E-state index contributed by atoms with van der Waals surface area (Å²) in [4.78, 5) is 37.5. The van der Waals surface area contributed by atoms with E-state index in [1.54, 1.807) is 42.1 Å². The van der Waals surface area contributed by atoms with Crippen LogP contribution in [0.2, 0.25) is 0 Å². The van der Waals surface area contributed by atoms with Crippen molar-refractivity contribution in [1.82, 2.24) is 9.78 Å². The lowest BCUT2D eigenvalue weighted by Crippen LogP contribution is -2.21. The maximum absolute atomic E-state index is 13.1. The first-order chi connectivity index (χ1) is 17.9. The van der Waals surface area contributed by atoms with E-state index in [1.807, 2.05) is 42.5 Å². The molecule has 0 radical (unpaired) electrons. The Bertz CT molecular complexity index is 1450. The second-order valence-corrected chi connectivity index (χ2v) is 8.02. The second kappa shape index (κ2) is 11.2. The largest absolute Gasteiger partial charge is 0.496 e. The minimum absolute atomic E-state index is 0.171. The number of aromatic nitrogens is 2. The molecular weight excluding hydrogens is 474 g/mol. The molecule has 0 saturated heterocycles. The van der Waals surface area contributed by atoms with E-state index in [9.17, 15) is 14.4 Å². The van der Waals surface area contributed by atoms with Crippen molar-refractivity contribution in [1.29, 1.82) is 0 Å². The molecule has 1 heterocycles. The van der Waals surface area contributed by atoms with Crippen molar-refractivity contribution >= 4 is 23.5 Å². The third-order valence-corrected chi connectivity index (χ3v) is 5.58. The summed E-state index contributed by atoms with van der Waals surface area (Å²) in [6, 6.07) is 21.3. The Balaban J connectivity index is 1.56. The van der Waals surface area contributed by atoms with Crippen molar-refractivity contribution < 1.29 is 28.6 Å². The zero-order valence-electron chi connectivity index (χ0n) is 20.6. The lowest BCUT2D eigenvalue weighted by molar-refractivity contribution is -0.119. The number of nitrogens with zero attached hydrogens (tertiary/aromatic N) is 2. The number of aryl methyl sites for hydroxylation is 1. The number of carbonyl (C=O) groups is 3. The number of hydrogen-bond donors (Lipinski definition) is 1. The number of rotatable bonds is 8. The topological polar surface area (TPSA) is 109 Å². The summed E-state index contributed by atoms with van der Waals surface area (Å²) in [7, 11) is 2.81. The van der Waals surface area contributed by atoms with E-state index in [1.165, 1.54) is 20.3 Å². The molecule has 0 saturated carbocycles. The zero-order valence-corrected chi connectivity index (χ0v) is 20.6. The van der Waals surface area contributed by atoms with Gasteiger partial charge in [0.05, 0.1) is 25.5 Å². The van der Waals surface area contributed by atoms with Crippen molar-refractivity contribution in [3.8, 4) is 22.7 Å². The van der Waals surface area contributed by atoms with E-state index in [0.717, 1.165) is 11.3 Å². The van der Waals surface area contributed by atoms with Gasteiger partial charge < -0.3 is 19.5 Å². The fourth-order valence-corrected chi connectivity index (χ4v) is 3.67. The Morgan fingerprint density at radius 2 is 1.65 bits per heavy atom. The van der Waals surface area contributed by atoms with Crippen molar-refractivity contribution in [3.05, 3.63) is 95.7 Å². The first-order valence-corrected chi connectivity index (χ1v) is 11.4. The molecule has 9 heteroatoms. The third-order valence-electron chi connectivity index (χ3n) is 5.58. The van der Waals surface area contributed by atoms with Crippen LogP contribution in [0, 0.1) is 6.92 Å². The Morgan fingerprint density at radius 1 is 0.919 bits per heavy atom. The van der Waals surface area contributed by atoms with Crippen LogP contribution in [0.1, 0.15) is 26.3 Å². The van der Waals surface area contributed by atoms with Gasteiger partial charge in [-0.3, -0.25) is 4.79 Å². The number of benzene rings is 3. The highest BCUT2D eigenvalue weighted by molar-refractivity contribution is 6.00. The monoisotopic (exact) mass is 499 g/mol. The van der Waals surface area contributed by atoms with Gasteiger partial charge in [-0.1, -0.05) is 36.4 Å². The molecule has 1 aromatic heterocycles. The van der Waals surface area contributed by atoms with Crippen LogP contribution < -0.4 is 10.1 Å². The minimum atomic E-state index is -0.724. The predicted octanol–water partition coefficient (Wildman–Crippen LogP) is 4.44. The Kier molecular flexibility index (Phi) is 7.63. The van der Waals surface area contributed by atoms with Gasteiger partial charge in [-0.15, -0.1) is 0 Å². The SMILES string of the molecule is COC(=O)c1ccc(C)c(NC(=O)COC(=O)c2cn(-c3ccccc3)nc2-c2ccccc2OC)c1. The Labute approximate surface area is 213 Å². The maximum atomic E-state index is 13.1. The number of ether oxygens (including phenoxy) is 3. The number of hydrogen-bond acceptors (Lipinski definition) is 7. The predicted molar refractivity (Wildman–Crippen MR) is 137 cm³/mol. The number of para-hydroxylation sites is 2. The zero-order chi connectivity index (χ0) is 26.4. The van der Waals surface area contributed by atoms with Gasteiger partial charge in [0.15, 0.2) is 6.61 Å². The van der Waals surface area contributed by atoms with Crippen LogP contribution in [0.15, 0.2) is 79.0 Å². The van der Waals surface area contributed by atoms with Gasteiger partial charge in [-0.05, 0) is 48.9 Å². The molecule has 1 N–H and O–H groups in total. The fraction of sp³-hybridized carbons (Fsp3) is 0.143. The fourth-order valence-electron chi connectivity index (χ4n) is 3.67. The van der Waals surface area contributed by atoms with Gasteiger partial charge >= 0.3 is 11.9 Å². The molecule has 0 aliphatic carbocycles. The van der Waals surface area contributed by atoms with E-state index < -0.39 is 24.5 Å². The molecule has 0 atom stereocenters. The molecule has 3 aromatic carbocycles. The highest BCUT2D eigenvalue weighted by atomic mass is 16.5. The Morgan fingerprint density at radius 3 is 2.38 bits per heavy atom. The van der Waals surface area contributed by atoms with Crippen molar-refractivity contribution in [2.45, 2.75) is 6.92 Å². The highest BCUT2D eigenvalue weighted by Crippen LogP contribution is 2.32. The molecule has 37 heavy (non-hydrogen) atoms. The molecule has 0 fully saturated rings. The normalized spacial score (nSPS) is 10.5. The van der Waals surface area contributed by atoms with Gasteiger partial charge in [0.2, 0.25) is 0 Å². The summed E-state index contributed by atoms with van der Waals surface area (Å²) in [5.41, 5.74) is 3.31. The van der Waals surface area contributed by atoms with Crippen LogP contribution in [0.25, 0.3) is 16.9 Å². The number of nitrogens with one attached hydrogen (secondary N) is 1. The minimum Gasteiger partial charge on any atom is -0.496 e. The van der Waals surface area contributed by atoms with Crippen molar-refractivity contribution in [3.63, 3.8) is 0 Å². The third kappa shape index (κ3) is 5.67. The van der Waals surface area contributed by atoms with Crippen LogP contribution in [0.5, 0.6) is 5.75 Å². The Hall–Kier alpha value is -4.92. The molecule has 4 rings (SSSR count). The molecule has 0 aliphatic rings. The summed E-state index contributed by atoms with van der Waals surface area (Å²) in [6.45, 7) is 1.24. The molecular formula is C28H25N3O6. The highest BCUT2D eigenvalue weighted by Gasteiger charge is 2.23. The van der Waals surface area contributed by atoms with E-state index in [-0.39, 0.29) is 11.1 Å².